The second-order valence-corrected chi connectivity index (χ2v) is 11.0. The molecule has 36 heavy (non-hydrogen) atoms. The summed E-state index contributed by atoms with van der Waals surface area (Å²) < 4.78 is 43.7. The average Bonchev–Trinajstić information content (AvgIpc) is 3.16. The van der Waals surface area contributed by atoms with Gasteiger partial charge in [0.1, 0.15) is 0 Å². The summed E-state index contributed by atoms with van der Waals surface area (Å²) in [7, 11) is 0. The van der Waals surface area contributed by atoms with Crippen LogP contribution in [0.15, 0.2) is 72.9 Å². The summed E-state index contributed by atoms with van der Waals surface area (Å²) in [5, 5.41) is 6.98. The Labute approximate surface area is 205 Å². The predicted molar refractivity (Wildman–Crippen MR) is 142 cm³/mol. The molecular formula is C31H23F3N2. The van der Waals surface area contributed by atoms with E-state index in [-0.39, 0.29) is 5.41 Å². The maximum Gasteiger partial charge on any atom is 0.416 e. The van der Waals surface area contributed by atoms with E-state index in [1.54, 1.807) is 6.07 Å². The van der Waals surface area contributed by atoms with Crippen LogP contribution in [0, 0.1) is 5.41 Å². The van der Waals surface area contributed by atoms with Crippen LogP contribution in [-0.4, -0.2) is 9.38 Å². The minimum absolute atomic E-state index is 0.0342. The number of nitrogens with zero attached hydrogens (tertiary/aromatic N) is 2. The van der Waals surface area contributed by atoms with E-state index in [9.17, 15) is 13.2 Å². The van der Waals surface area contributed by atoms with Crippen LogP contribution in [0.4, 0.5) is 13.2 Å². The Balaban J connectivity index is 1.85. The highest BCUT2D eigenvalue weighted by atomic mass is 19.4. The fourth-order valence-corrected chi connectivity index (χ4v) is 5.94. The van der Waals surface area contributed by atoms with E-state index in [0.717, 1.165) is 66.2 Å². The van der Waals surface area contributed by atoms with E-state index in [4.69, 9.17) is 4.98 Å². The molecule has 0 spiro atoms. The highest BCUT2D eigenvalue weighted by Crippen LogP contribution is 2.44. The van der Waals surface area contributed by atoms with Gasteiger partial charge in [0, 0.05) is 27.7 Å². The molecule has 0 amide bonds. The van der Waals surface area contributed by atoms with Crippen molar-refractivity contribution in [3.8, 4) is 0 Å². The zero-order valence-corrected chi connectivity index (χ0v) is 20.2. The minimum Gasteiger partial charge on any atom is -0.308 e. The van der Waals surface area contributed by atoms with E-state index in [1.165, 1.54) is 12.1 Å². The molecule has 0 unspecified atom stereocenters. The molecule has 0 fully saturated rings. The smallest absolute Gasteiger partial charge is 0.308 e. The van der Waals surface area contributed by atoms with Crippen molar-refractivity contribution in [3.63, 3.8) is 0 Å². The van der Waals surface area contributed by atoms with Gasteiger partial charge in [-0.2, -0.15) is 13.2 Å². The number of halogens is 3. The van der Waals surface area contributed by atoms with E-state index < -0.39 is 11.7 Å². The fraction of sp³-hybridized carbons (Fsp3) is 0.194. The first-order chi connectivity index (χ1) is 17.1. The first kappa shape index (κ1) is 21.4. The van der Waals surface area contributed by atoms with E-state index in [1.807, 2.05) is 36.5 Å². The molecule has 0 aliphatic rings. The lowest BCUT2D eigenvalue weighted by Crippen LogP contribution is -2.11. The largest absolute Gasteiger partial charge is 0.416 e. The molecular weight excluding hydrogens is 457 g/mol. The number of alkyl halides is 3. The van der Waals surface area contributed by atoms with Gasteiger partial charge in [-0.15, -0.1) is 0 Å². The molecule has 0 aliphatic carbocycles. The van der Waals surface area contributed by atoms with E-state index in [2.05, 4.69) is 43.4 Å². The third-order valence-electron chi connectivity index (χ3n) is 7.30. The number of pyridine rings is 2. The third kappa shape index (κ3) is 2.89. The summed E-state index contributed by atoms with van der Waals surface area (Å²) in [5.41, 5.74) is 3.81. The number of hydrogen-bond acceptors (Lipinski definition) is 1. The summed E-state index contributed by atoms with van der Waals surface area (Å²) in [6.45, 7) is 6.59. The third-order valence-corrected chi connectivity index (χ3v) is 7.30. The Bertz CT molecular complexity index is 1990. The summed E-state index contributed by atoms with van der Waals surface area (Å²) in [6.07, 6.45) is -1.82. The standard InChI is InChI=1S/C31H23F3N2/c1-30(2,3)16-24-20-7-5-4-6-18(20)14-23-27-26-17(12-13-35-27)8-10-22-21-11-9-19(31(32,33)34)15-25(21)36(28(23)24)29(22)26/h4-15H,16H2,1-3H3. The normalized spacial score (nSPS) is 13.4. The van der Waals surface area contributed by atoms with E-state index >= 15 is 0 Å². The summed E-state index contributed by atoms with van der Waals surface area (Å²) in [5.74, 6) is 0. The first-order valence-electron chi connectivity index (χ1n) is 12.1. The molecule has 3 heterocycles. The monoisotopic (exact) mass is 480 g/mol. The first-order valence-corrected chi connectivity index (χ1v) is 12.1. The van der Waals surface area contributed by atoms with Crippen molar-refractivity contribution in [1.29, 1.82) is 0 Å². The van der Waals surface area contributed by atoms with Crippen molar-refractivity contribution in [2.24, 2.45) is 5.41 Å². The molecule has 7 aromatic rings. The highest BCUT2D eigenvalue weighted by Gasteiger charge is 2.32. The van der Waals surface area contributed by atoms with Crippen molar-refractivity contribution < 1.29 is 13.2 Å². The van der Waals surface area contributed by atoms with Crippen LogP contribution in [0.5, 0.6) is 0 Å². The molecule has 3 aromatic heterocycles. The fourth-order valence-electron chi connectivity index (χ4n) is 5.94. The Kier molecular flexibility index (Phi) is 4.09. The highest BCUT2D eigenvalue weighted by molar-refractivity contribution is 6.28. The van der Waals surface area contributed by atoms with Gasteiger partial charge in [-0.25, -0.2) is 0 Å². The average molecular weight is 481 g/mol. The topological polar surface area (TPSA) is 17.3 Å². The molecule has 0 bridgehead atoms. The van der Waals surface area contributed by atoms with Gasteiger partial charge in [-0.05, 0) is 57.8 Å². The number of rotatable bonds is 1. The van der Waals surface area contributed by atoms with Crippen LogP contribution < -0.4 is 0 Å². The van der Waals surface area contributed by atoms with Crippen LogP contribution in [0.25, 0.3) is 59.8 Å². The van der Waals surface area contributed by atoms with Crippen LogP contribution >= 0.6 is 0 Å². The molecule has 2 nitrogen and oxygen atoms in total. The molecule has 4 aromatic carbocycles. The number of hydrogen-bond donors (Lipinski definition) is 0. The van der Waals surface area contributed by atoms with Crippen LogP contribution in [0.3, 0.4) is 0 Å². The Morgan fingerprint density at radius 1 is 0.750 bits per heavy atom. The Morgan fingerprint density at radius 2 is 1.53 bits per heavy atom. The molecule has 0 saturated carbocycles. The Morgan fingerprint density at radius 3 is 2.31 bits per heavy atom. The maximum absolute atomic E-state index is 13.9. The van der Waals surface area contributed by atoms with Crippen LogP contribution in [-0.2, 0) is 12.6 Å². The van der Waals surface area contributed by atoms with Crippen molar-refractivity contribution in [2.75, 3.05) is 0 Å². The molecule has 5 heteroatoms. The SMILES string of the molecule is CC(C)(C)Cc1c2ccccc2cc2c3nccc4ccc5c6ccc(C(F)(F)F)cc6n(c12)c5c43. The number of aromatic nitrogens is 2. The van der Waals surface area contributed by atoms with Crippen molar-refractivity contribution in [1.82, 2.24) is 9.38 Å². The van der Waals surface area contributed by atoms with Crippen molar-refractivity contribution >= 4 is 59.8 Å². The lowest BCUT2D eigenvalue weighted by atomic mass is 9.84. The summed E-state index contributed by atoms with van der Waals surface area (Å²) >= 11 is 0. The molecule has 0 atom stereocenters. The van der Waals surface area contributed by atoms with Crippen LogP contribution in [0.1, 0.15) is 31.9 Å². The molecule has 0 aliphatic heterocycles. The van der Waals surface area contributed by atoms with Gasteiger partial charge in [-0.1, -0.05) is 63.2 Å². The van der Waals surface area contributed by atoms with Crippen molar-refractivity contribution in [2.45, 2.75) is 33.4 Å². The van der Waals surface area contributed by atoms with Crippen LogP contribution in [0.2, 0.25) is 0 Å². The summed E-state index contributed by atoms with van der Waals surface area (Å²) in [4.78, 5) is 4.84. The molecule has 7 rings (SSSR count). The Hall–Kier alpha value is -3.86. The second kappa shape index (κ2) is 6.88. The quantitative estimate of drug-likeness (QED) is 0.169. The van der Waals surface area contributed by atoms with Gasteiger partial charge in [0.25, 0.3) is 0 Å². The molecule has 0 N–H and O–H groups in total. The minimum atomic E-state index is -4.42. The van der Waals surface area contributed by atoms with Gasteiger partial charge in [0.2, 0.25) is 0 Å². The van der Waals surface area contributed by atoms with Gasteiger partial charge in [-0.3, -0.25) is 4.98 Å². The summed E-state index contributed by atoms with van der Waals surface area (Å²) in [6, 6.07) is 20.6. The lowest BCUT2D eigenvalue weighted by molar-refractivity contribution is -0.137. The maximum atomic E-state index is 13.9. The van der Waals surface area contributed by atoms with Crippen molar-refractivity contribution in [3.05, 3.63) is 84.1 Å². The number of fused-ring (bicyclic) bond motifs is 7. The van der Waals surface area contributed by atoms with Gasteiger partial charge >= 0.3 is 6.18 Å². The van der Waals surface area contributed by atoms with Gasteiger partial charge in [0.15, 0.2) is 0 Å². The molecule has 0 saturated heterocycles. The molecule has 0 radical (unpaired) electrons. The van der Waals surface area contributed by atoms with Gasteiger partial charge in [0.05, 0.1) is 27.6 Å². The second-order valence-electron chi connectivity index (χ2n) is 11.0. The predicted octanol–water partition coefficient (Wildman–Crippen LogP) is 9.15. The van der Waals surface area contributed by atoms with E-state index in [0.29, 0.717) is 5.52 Å². The zero-order chi connectivity index (χ0) is 25.0. The zero-order valence-electron chi connectivity index (χ0n) is 20.2. The van der Waals surface area contributed by atoms with Gasteiger partial charge < -0.3 is 4.40 Å². The lowest BCUT2D eigenvalue weighted by Gasteiger charge is -2.23. The number of benzene rings is 4. The molecule has 178 valence electrons.